The van der Waals surface area contributed by atoms with Crippen LogP contribution in [0, 0.1) is 0 Å². The molecule has 3 nitrogen and oxygen atoms in total. The van der Waals surface area contributed by atoms with Crippen molar-refractivity contribution in [2.24, 2.45) is 5.73 Å². The number of thiocarbonyl (C=S) groups is 1. The van der Waals surface area contributed by atoms with E-state index < -0.39 is 0 Å². The van der Waals surface area contributed by atoms with E-state index >= 15 is 0 Å². The van der Waals surface area contributed by atoms with E-state index in [0.717, 1.165) is 36.9 Å². The minimum absolute atomic E-state index is 0.0466. The summed E-state index contributed by atoms with van der Waals surface area (Å²) in [7, 11) is 0. The summed E-state index contributed by atoms with van der Waals surface area (Å²) < 4.78 is 0. The summed E-state index contributed by atoms with van der Waals surface area (Å²) in [6, 6.07) is 5.42. The molecule has 0 aromatic heterocycles. The maximum Gasteiger partial charge on any atom is 0.106 e. The molecule has 0 heterocycles. The van der Waals surface area contributed by atoms with Crippen LogP contribution in [0.4, 0.5) is 5.69 Å². The zero-order valence-corrected chi connectivity index (χ0v) is 11.6. The Kier molecular flexibility index (Phi) is 4.43. The first-order chi connectivity index (χ1) is 8.58. The molecule has 1 fully saturated rings. The zero-order chi connectivity index (χ0) is 13.1. The van der Waals surface area contributed by atoms with Crippen molar-refractivity contribution in [1.82, 2.24) is 0 Å². The fourth-order valence-electron chi connectivity index (χ4n) is 2.33. The van der Waals surface area contributed by atoms with E-state index in [4.69, 9.17) is 29.6 Å². The highest BCUT2D eigenvalue weighted by atomic mass is 35.5. The molecule has 4 N–H and O–H groups in total. The first-order valence-corrected chi connectivity index (χ1v) is 6.90. The van der Waals surface area contributed by atoms with Crippen LogP contribution in [0.25, 0.3) is 0 Å². The van der Waals surface area contributed by atoms with Gasteiger partial charge >= 0.3 is 0 Å². The highest BCUT2D eigenvalue weighted by Crippen LogP contribution is 2.26. The van der Waals surface area contributed by atoms with Gasteiger partial charge in [-0.25, -0.2) is 0 Å². The molecule has 0 spiro atoms. The summed E-state index contributed by atoms with van der Waals surface area (Å²) in [5.74, 6) is 0. The molecule has 1 aliphatic rings. The normalized spacial score (nSPS) is 23.7. The third-order valence-electron chi connectivity index (χ3n) is 3.32. The van der Waals surface area contributed by atoms with Gasteiger partial charge in [0.25, 0.3) is 0 Å². The molecular weight excluding hydrogens is 268 g/mol. The van der Waals surface area contributed by atoms with E-state index in [-0.39, 0.29) is 12.1 Å². The highest BCUT2D eigenvalue weighted by Gasteiger charge is 2.23. The zero-order valence-electron chi connectivity index (χ0n) is 10.0. The van der Waals surface area contributed by atoms with Crippen LogP contribution < -0.4 is 11.1 Å². The molecule has 0 saturated heterocycles. The van der Waals surface area contributed by atoms with E-state index in [1.807, 2.05) is 6.07 Å². The number of hydrogen-bond acceptors (Lipinski definition) is 3. The topological polar surface area (TPSA) is 58.3 Å². The molecule has 1 aromatic carbocycles. The van der Waals surface area contributed by atoms with Crippen LogP contribution in [0.15, 0.2) is 18.2 Å². The van der Waals surface area contributed by atoms with Gasteiger partial charge in [0, 0.05) is 16.3 Å². The van der Waals surface area contributed by atoms with Gasteiger partial charge in [-0.05, 0) is 31.0 Å². The van der Waals surface area contributed by atoms with Gasteiger partial charge in [-0.2, -0.15) is 0 Å². The minimum Gasteiger partial charge on any atom is -0.391 e. The molecule has 1 aliphatic carbocycles. The molecular formula is C13H17ClN2OS. The largest absolute Gasteiger partial charge is 0.391 e. The maximum absolute atomic E-state index is 9.97. The van der Waals surface area contributed by atoms with Gasteiger partial charge in [0.2, 0.25) is 0 Å². The molecule has 1 saturated carbocycles. The second-order valence-corrected chi connectivity index (χ2v) is 5.53. The van der Waals surface area contributed by atoms with E-state index in [0.29, 0.717) is 10.0 Å². The Hall–Kier alpha value is -0.840. The summed E-state index contributed by atoms with van der Waals surface area (Å²) >= 11 is 11.0. The van der Waals surface area contributed by atoms with Crippen molar-refractivity contribution < 1.29 is 5.11 Å². The Morgan fingerprint density at radius 3 is 2.78 bits per heavy atom. The van der Waals surface area contributed by atoms with Crippen LogP contribution in [-0.2, 0) is 0 Å². The fraction of sp³-hybridized carbons (Fsp3) is 0.462. The molecule has 2 atom stereocenters. The molecule has 18 heavy (non-hydrogen) atoms. The van der Waals surface area contributed by atoms with E-state index in [9.17, 15) is 5.11 Å². The number of nitrogens with two attached hydrogens (primary N) is 1. The second kappa shape index (κ2) is 5.87. The Labute approximate surface area is 117 Å². The monoisotopic (exact) mass is 284 g/mol. The number of aliphatic hydroxyl groups excluding tert-OH is 1. The first kappa shape index (κ1) is 13.6. The van der Waals surface area contributed by atoms with Crippen molar-refractivity contribution in [2.45, 2.75) is 37.8 Å². The molecule has 98 valence electrons. The van der Waals surface area contributed by atoms with Gasteiger partial charge in [0.1, 0.15) is 4.99 Å². The molecule has 2 unspecified atom stereocenters. The molecule has 0 bridgehead atoms. The van der Waals surface area contributed by atoms with Gasteiger partial charge in [-0.3, -0.25) is 0 Å². The predicted molar refractivity (Wildman–Crippen MR) is 79.2 cm³/mol. The number of halogens is 1. The van der Waals surface area contributed by atoms with Gasteiger partial charge in [-0.15, -0.1) is 0 Å². The maximum atomic E-state index is 9.97. The lowest BCUT2D eigenvalue weighted by atomic mass is 9.92. The number of anilines is 1. The van der Waals surface area contributed by atoms with Crippen LogP contribution in [0.1, 0.15) is 31.2 Å². The van der Waals surface area contributed by atoms with Crippen molar-refractivity contribution in [3.8, 4) is 0 Å². The summed E-state index contributed by atoms with van der Waals surface area (Å²) in [6.07, 6.45) is 3.66. The summed E-state index contributed by atoms with van der Waals surface area (Å²) in [5.41, 5.74) is 7.27. The Bertz CT molecular complexity index is 453. The van der Waals surface area contributed by atoms with Crippen LogP contribution in [-0.4, -0.2) is 22.2 Å². The quantitative estimate of drug-likeness (QED) is 0.747. The van der Waals surface area contributed by atoms with Crippen molar-refractivity contribution in [3.05, 3.63) is 28.8 Å². The van der Waals surface area contributed by atoms with Gasteiger partial charge in [0.15, 0.2) is 0 Å². The average Bonchev–Trinajstić information content (AvgIpc) is 2.32. The van der Waals surface area contributed by atoms with Gasteiger partial charge in [-0.1, -0.05) is 36.7 Å². The Balaban J connectivity index is 2.21. The van der Waals surface area contributed by atoms with Gasteiger partial charge < -0.3 is 16.2 Å². The molecule has 5 heteroatoms. The van der Waals surface area contributed by atoms with E-state index in [2.05, 4.69) is 5.32 Å². The molecule has 0 amide bonds. The number of benzene rings is 1. The number of aliphatic hydroxyl groups is 1. The Morgan fingerprint density at radius 2 is 2.11 bits per heavy atom. The SMILES string of the molecule is NC(=S)c1ccc(Cl)cc1NC1CCCCC1O. The van der Waals surface area contributed by atoms with Gasteiger partial charge in [0.05, 0.1) is 12.1 Å². The lowest BCUT2D eigenvalue weighted by molar-refractivity contribution is 0.116. The lowest BCUT2D eigenvalue weighted by Crippen LogP contribution is -2.36. The first-order valence-electron chi connectivity index (χ1n) is 6.12. The second-order valence-electron chi connectivity index (χ2n) is 4.66. The van der Waals surface area contributed by atoms with E-state index in [1.54, 1.807) is 12.1 Å². The Morgan fingerprint density at radius 1 is 1.39 bits per heavy atom. The number of hydrogen-bond donors (Lipinski definition) is 3. The molecule has 2 rings (SSSR count). The average molecular weight is 285 g/mol. The van der Waals surface area contributed by atoms with Crippen LogP contribution in [0.2, 0.25) is 5.02 Å². The van der Waals surface area contributed by atoms with Crippen molar-refractivity contribution in [3.63, 3.8) is 0 Å². The number of nitrogens with one attached hydrogen (secondary N) is 1. The standard InChI is InChI=1S/C13H17ClN2OS/c14-8-5-6-9(13(15)18)11(7-8)16-10-3-1-2-4-12(10)17/h5-7,10,12,16-17H,1-4H2,(H2,15,18). The lowest BCUT2D eigenvalue weighted by Gasteiger charge is -2.30. The molecule has 0 radical (unpaired) electrons. The highest BCUT2D eigenvalue weighted by molar-refractivity contribution is 7.80. The van der Waals surface area contributed by atoms with Crippen LogP contribution >= 0.6 is 23.8 Å². The third kappa shape index (κ3) is 3.13. The van der Waals surface area contributed by atoms with Crippen molar-refractivity contribution in [1.29, 1.82) is 0 Å². The summed E-state index contributed by atoms with van der Waals surface area (Å²) in [6.45, 7) is 0. The van der Waals surface area contributed by atoms with Crippen molar-refractivity contribution in [2.75, 3.05) is 5.32 Å². The van der Waals surface area contributed by atoms with Crippen molar-refractivity contribution >= 4 is 34.5 Å². The molecule has 1 aromatic rings. The van der Waals surface area contributed by atoms with E-state index in [1.165, 1.54) is 0 Å². The predicted octanol–water partition coefficient (Wildman–Crippen LogP) is 2.69. The third-order valence-corrected chi connectivity index (χ3v) is 3.77. The van der Waals surface area contributed by atoms with Crippen LogP contribution in [0.5, 0.6) is 0 Å². The minimum atomic E-state index is -0.322. The summed E-state index contributed by atoms with van der Waals surface area (Å²) in [5, 5.41) is 13.9. The number of rotatable bonds is 3. The summed E-state index contributed by atoms with van der Waals surface area (Å²) in [4.78, 5) is 0.333. The fourth-order valence-corrected chi connectivity index (χ4v) is 2.68. The molecule has 0 aliphatic heterocycles. The van der Waals surface area contributed by atoms with Crippen LogP contribution in [0.3, 0.4) is 0 Å². The smallest absolute Gasteiger partial charge is 0.106 e.